The van der Waals surface area contributed by atoms with Gasteiger partial charge in [0.1, 0.15) is 49.2 Å². The van der Waals surface area contributed by atoms with Gasteiger partial charge in [-0.1, -0.05) is 0 Å². The summed E-state index contributed by atoms with van der Waals surface area (Å²) in [5, 5.41) is 0. The Bertz CT molecular complexity index is 654. The first kappa shape index (κ1) is 24.6. The molecule has 5 fully saturated rings. The average molecular weight is 485 g/mol. The van der Waals surface area contributed by atoms with Crippen LogP contribution in [0.3, 0.4) is 0 Å². The van der Waals surface area contributed by atoms with Crippen LogP contribution in [0.2, 0.25) is 0 Å². The molecule has 5 aliphatic rings. The third kappa shape index (κ3) is 9.88. The molecule has 0 aliphatic carbocycles. The van der Waals surface area contributed by atoms with E-state index in [1.54, 1.807) is 0 Å². The van der Waals surface area contributed by atoms with Crippen LogP contribution in [0.15, 0.2) is 16.5 Å². The summed E-state index contributed by atoms with van der Waals surface area (Å²) in [5.74, 6) is 1.65. The average Bonchev–Trinajstić information content (AvgIpc) is 3.64. The molecule has 6 unspecified atom stereocenters. The van der Waals surface area contributed by atoms with Gasteiger partial charge in [-0.05, 0) is 25.0 Å². The van der Waals surface area contributed by atoms with Gasteiger partial charge >= 0.3 is 0 Å². The predicted octanol–water partition coefficient (Wildman–Crippen LogP) is 1.48. The van der Waals surface area contributed by atoms with Crippen LogP contribution in [0, 0.1) is 0 Å². The fourth-order valence-corrected chi connectivity index (χ4v) is 3.50. The van der Waals surface area contributed by atoms with Gasteiger partial charge in [-0.25, -0.2) is 0 Å². The van der Waals surface area contributed by atoms with Crippen molar-refractivity contribution in [2.24, 2.45) is 0 Å². The molecule has 0 spiro atoms. The highest BCUT2D eigenvalue weighted by molar-refractivity contribution is 5.05. The number of rotatable bonds is 16. The molecule has 6 rings (SSSR count). The third-order valence-corrected chi connectivity index (χ3v) is 5.83. The smallest absolute Gasteiger partial charge is 0.129 e. The molecule has 5 saturated heterocycles. The largest absolute Gasteiger partial charge is 0.461 e. The number of hydrogen-bond acceptors (Lipinski definition) is 10. The van der Waals surface area contributed by atoms with Crippen molar-refractivity contribution in [1.29, 1.82) is 0 Å². The van der Waals surface area contributed by atoms with Crippen molar-refractivity contribution in [3.05, 3.63) is 23.7 Å². The third-order valence-electron chi connectivity index (χ3n) is 5.83. The molecule has 6 heterocycles. The first-order valence-electron chi connectivity index (χ1n) is 12.3. The second kappa shape index (κ2) is 12.8. The first-order valence-corrected chi connectivity index (χ1v) is 12.3. The molecule has 0 saturated carbocycles. The highest BCUT2D eigenvalue weighted by Crippen LogP contribution is 2.21. The van der Waals surface area contributed by atoms with E-state index in [-0.39, 0.29) is 12.2 Å². The second-order valence-electron chi connectivity index (χ2n) is 9.25. The zero-order chi connectivity index (χ0) is 23.0. The molecule has 1 aromatic heterocycles. The van der Waals surface area contributed by atoms with E-state index in [2.05, 4.69) is 0 Å². The van der Waals surface area contributed by atoms with Crippen LogP contribution < -0.4 is 0 Å². The lowest BCUT2D eigenvalue weighted by atomic mass is 10.2. The van der Waals surface area contributed by atoms with Gasteiger partial charge in [-0.3, -0.25) is 0 Å². The van der Waals surface area contributed by atoms with Gasteiger partial charge in [0.05, 0.1) is 78.3 Å². The molecule has 34 heavy (non-hydrogen) atoms. The summed E-state index contributed by atoms with van der Waals surface area (Å²) in [6, 6.07) is 3.83. The van der Waals surface area contributed by atoms with Crippen LogP contribution in [0.5, 0.6) is 0 Å². The Labute approximate surface area is 200 Å². The molecule has 5 aliphatic heterocycles. The minimum Gasteiger partial charge on any atom is -0.461 e. The van der Waals surface area contributed by atoms with E-state index in [1.807, 2.05) is 12.1 Å². The van der Waals surface area contributed by atoms with Crippen molar-refractivity contribution in [3.63, 3.8) is 0 Å². The van der Waals surface area contributed by atoms with Crippen LogP contribution >= 0.6 is 0 Å². The van der Waals surface area contributed by atoms with E-state index in [1.165, 1.54) is 0 Å². The number of ether oxygens (including phenoxy) is 9. The Morgan fingerprint density at radius 1 is 0.529 bits per heavy atom. The Kier molecular flexibility index (Phi) is 9.23. The van der Waals surface area contributed by atoms with Crippen molar-refractivity contribution < 1.29 is 47.0 Å². The summed E-state index contributed by atoms with van der Waals surface area (Å²) in [6.45, 7) is 8.40. The van der Waals surface area contributed by atoms with Gasteiger partial charge < -0.3 is 47.0 Å². The monoisotopic (exact) mass is 484 g/mol. The van der Waals surface area contributed by atoms with Gasteiger partial charge in [-0.2, -0.15) is 0 Å². The highest BCUT2D eigenvalue weighted by Gasteiger charge is 2.29. The van der Waals surface area contributed by atoms with Gasteiger partial charge in [0.2, 0.25) is 0 Å². The van der Waals surface area contributed by atoms with Gasteiger partial charge in [0.15, 0.2) is 0 Å². The van der Waals surface area contributed by atoms with Gasteiger partial charge in [-0.15, -0.1) is 0 Å². The fraction of sp³-hybridized carbons (Fsp3) is 0.833. The molecule has 10 nitrogen and oxygen atoms in total. The van der Waals surface area contributed by atoms with Gasteiger partial charge in [0, 0.05) is 0 Å². The lowest BCUT2D eigenvalue weighted by Gasteiger charge is -2.13. The molecule has 1 aromatic rings. The standard InChI is InChI=1S/C12H20O5.C12H16O5/c2*1-2-10(4-14-6-12-8-16-12)17-9(1)3-13-5-11-7-15-11/h9-12H,1-8H2;1-2,11-12H,3-8H2. The fourth-order valence-electron chi connectivity index (χ4n) is 3.50. The molecular weight excluding hydrogens is 448 g/mol. The van der Waals surface area contributed by atoms with E-state index >= 15 is 0 Å². The number of hydrogen-bond donors (Lipinski definition) is 0. The maximum Gasteiger partial charge on any atom is 0.129 e. The molecule has 0 bridgehead atoms. The van der Waals surface area contributed by atoms with Crippen LogP contribution in [0.4, 0.5) is 0 Å². The first-order chi connectivity index (χ1) is 16.8. The van der Waals surface area contributed by atoms with Crippen molar-refractivity contribution in [2.75, 3.05) is 66.1 Å². The summed E-state index contributed by atoms with van der Waals surface area (Å²) in [5.41, 5.74) is 0. The lowest BCUT2D eigenvalue weighted by Crippen LogP contribution is -2.21. The molecular formula is C24H36O10. The maximum absolute atomic E-state index is 5.83. The Morgan fingerprint density at radius 2 is 0.882 bits per heavy atom. The maximum atomic E-state index is 5.83. The molecule has 0 N–H and O–H groups in total. The second-order valence-corrected chi connectivity index (χ2v) is 9.25. The molecule has 0 amide bonds. The van der Waals surface area contributed by atoms with Crippen molar-refractivity contribution in [2.45, 2.75) is 62.7 Å². The molecule has 10 heteroatoms. The summed E-state index contributed by atoms with van der Waals surface area (Å²) in [7, 11) is 0. The van der Waals surface area contributed by atoms with E-state index < -0.39 is 0 Å². The van der Waals surface area contributed by atoms with E-state index in [9.17, 15) is 0 Å². The van der Waals surface area contributed by atoms with Crippen LogP contribution in [-0.4, -0.2) is 103 Å². The molecule has 0 aromatic carbocycles. The summed E-state index contributed by atoms with van der Waals surface area (Å²) in [4.78, 5) is 0. The van der Waals surface area contributed by atoms with Crippen molar-refractivity contribution >= 4 is 0 Å². The number of furan rings is 1. The van der Waals surface area contributed by atoms with Crippen molar-refractivity contribution in [1.82, 2.24) is 0 Å². The van der Waals surface area contributed by atoms with E-state index in [4.69, 9.17) is 47.0 Å². The zero-order valence-corrected chi connectivity index (χ0v) is 19.6. The summed E-state index contributed by atoms with van der Waals surface area (Å²) in [6.07, 6.45) is 3.89. The Morgan fingerprint density at radius 3 is 1.26 bits per heavy atom. The Hall–Kier alpha value is -1.08. The Balaban J connectivity index is 0.000000142. The highest BCUT2D eigenvalue weighted by atomic mass is 16.6. The number of epoxide rings is 4. The van der Waals surface area contributed by atoms with E-state index in [0.29, 0.717) is 77.3 Å². The molecule has 6 atom stereocenters. The van der Waals surface area contributed by atoms with Crippen LogP contribution in [-0.2, 0) is 55.8 Å². The van der Waals surface area contributed by atoms with E-state index in [0.717, 1.165) is 50.8 Å². The minimum absolute atomic E-state index is 0.236. The normalized spacial score (nSPS) is 32.8. The quantitative estimate of drug-likeness (QED) is 0.320. The summed E-state index contributed by atoms with van der Waals surface area (Å²) < 4.78 is 53.6. The molecule has 0 radical (unpaired) electrons. The zero-order valence-electron chi connectivity index (χ0n) is 19.6. The SMILES string of the molecule is C(OCC1CCC(COCC2CO2)O1)C1CO1.c1cc(COCC2CO2)oc1COCC1CO1. The van der Waals surface area contributed by atoms with Gasteiger partial charge in [0.25, 0.3) is 0 Å². The van der Waals surface area contributed by atoms with Crippen LogP contribution in [0.1, 0.15) is 24.4 Å². The lowest BCUT2D eigenvalue weighted by molar-refractivity contribution is -0.0481. The minimum atomic E-state index is 0.236. The summed E-state index contributed by atoms with van der Waals surface area (Å²) >= 11 is 0. The predicted molar refractivity (Wildman–Crippen MR) is 117 cm³/mol. The van der Waals surface area contributed by atoms with Crippen LogP contribution in [0.25, 0.3) is 0 Å². The topological polar surface area (TPSA) is 109 Å². The van der Waals surface area contributed by atoms with Crippen molar-refractivity contribution in [3.8, 4) is 0 Å². The molecule has 192 valence electrons.